The summed E-state index contributed by atoms with van der Waals surface area (Å²) in [4.78, 5) is 0. The number of para-hydroxylation sites is 2. The van der Waals surface area contributed by atoms with Gasteiger partial charge in [-0.2, -0.15) is 0 Å². The molecule has 13 rings (SSSR count). The van der Waals surface area contributed by atoms with Gasteiger partial charge in [-0.3, -0.25) is 0 Å². The molecule has 0 radical (unpaired) electrons. The third-order valence-electron chi connectivity index (χ3n) is 13.6. The number of hydrogen-bond donors (Lipinski definition) is 0. The van der Waals surface area contributed by atoms with Gasteiger partial charge in [-0.15, -0.1) is 11.3 Å². The van der Waals surface area contributed by atoms with Crippen LogP contribution in [0.2, 0.25) is 0 Å². The van der Waals surface area contributed by atoms with Crippen molar-refractivity contribution in [2.75, 3.05) is 0 Å². The zero-order valence-electron chi connectivity index (χ0n) is 33.5. The van der Waals surface area contributed by atoms with Crippen molar-refractivity contribution in [3.8, 4) is 44.8 Å². The van der Waals surface area contributed by atoms with E-state index < -0.39 is 0 Å². The first-order chi connectivity index (χ1) is 29.5. The van der Waals surface area contributed by atoms with Crippen molar-refractivity contribution >= 4 is 70.3 Å². The molecule has 3 heterocycles. The summed E-state index contributed by atoms with van der Waals surface area (Å²) in [5.41, 5.74) is 19.3. The van der Waals surface area contributed by atoms with Crippen LogP contribution in [0.4, 0.5) is 0 Å². The first kappa shape index (κ1) is 34.0. The van der Waals surface area contributed by atoms with Gasteiger partial charge in [-0.25, -0.2) is 0 Å². The molecule has 0 aliphatic heterocycles. The molecule has 0 fully saturated rings. The Bertz CT molecular complexity index is 3630. The van der Waals surface area contributed by atoms with Gasteiger partial charge in [0, 0.05) is 69.9 Å². The quantitative estimate of drug-likeness (QED) is 0.168. The number of allylic oxidation sites excluding steroid dienone is 1. The van der Waals surface area contributed by atoms with E-state index in [4.69, 9.17) is 0 Å². The third kappa shape index (κ3) is 4.75. The fourth-order valence-corrected chi connectivity index (χ4v) is 11.9. The predicted octanol–water partition coefficient (Wildman–Crippen LogP) is 15.7. The van der Waals surface area contributed by atoms with Gasteiger partial charge in [0.2, 0.25) is 0 Å². The SMILES string of the molecule is CC1(C)c2ccccc2-c2ccc(-c3cc(-n4c5ccccc5c5ccc(-c6ccc7c8c(n(-c9ccccc9)c7c6)CCC=C8)cc54)cc4c3sc3ccccc34)cc21. The minimum atomic E-state index is -0.0795. The maximum Gasteiger partial charge on any atom is 0.0547 e. The summed E-state index contributed by atoms with van der Waals surface area (Å²) >= 11 is 1.91. The summed E-state index contributed by atoms with van der Waals surface area (Å²) in [5.74, 6) is 0. The molecule has 2 aliphatic carbocycles. The minimum Gasteiger partial charge on any atom is -0.313 e. The van der Waals surface area contributed by atoms with E-state index in [2.05, 4.69) is 205 Å². The number of rotatable bonds is 4. The average molecular weight is 785 g/mol. The lowest BCUT2D eigenvalue weighted by atomic mass is 9.81. The second-order valence-corrected chi connectivity index (χ2v) is 18.2. The maximum absolute atomic E-state index is 2.52. The highest BCUT2D eigenvalue weighted by Gasteiger charge is 2.35. The van der Waals surface area contributed by atoms with Crippen LogP contribution in [0.1, 0.15) is 42.7 Å². The topological polar surface area (TPSA) is 9.86 Å². The van der Waals surface area contributed by atoms with E-state index in [1.54, 1.807) is 0 Å². The highest BCUT2D eigenvalue weighted by atomic mass is 32.1. The van der Waals surface area contributed by atoms with Gasteiger partial charge in [0.1, 0.15) is 0 Å². The zero-order valence-corrected chi connectivity index (χ0v) is 34.4. The largest absolute Gasteiger partial charge is 0.313 e. The molecule has 0 saturated heterocycles. The number of hydrogen-bond acceptors (Lipinski definition) is 1. The van der Waals surface area contributed by atoms with E-state index in [-0.39, 0.29) is 5.41 Å². The Morgan fingerprint density at radius 3 is 2.02 bits per heavy atom. The summed E-state index contributed by atoms with van der Waals surface area (Å²) in [7, 11) is 0. The summed E-state index contributed by atoms with van der Waals surface area (Å²) in [6.07, 6.45) is 6.76. The molecule has 0 spiro atoms. The predicted molar refractivity (Wildman–Crippen MR) is 256 cm³/mol. The maximum atomic E-state index is 2.52. The first-order valence-electron chi connectivity index (χ1n) is 21.1. The highest BCUT2D eigenvalue weighted by molar-refractivity contribution is 7.26. The van der Waals surface area contributed by atoms with Crippen LogP contribution in [0.3, 0.4) is 0 Å². The van der Waals surface area contributed by atoms with Gasteiger partial charge in [-0.05, 0) is 106 Å². The molecular weight excluding hydrogens is 745 g/mol. The normalized spacial score (nSPS) is 14.1. The van der Waals surface area contributed by atoms with Gasteiger partial charge >= 0.3 is 0 Å². The molecule has 3 heteroatoms. The molecule has 0 N–H and O–H groups in total. The minimum absolute atomic E-state index is 0.0795. The van der Waals surface area contributed by atoms with E-state index in [1.165, 1.54) is 120 Å². The van der Waals surface area contributed by atoms with E-state index in [0.717, 1.165) is 12.8 Å². The fourth-order valence-electron chi connectivity index (χ4n) is 10.7. The van der Waals surface area contributed by atoms with Gasteiger partial charge < -0.3 is 9.13 Å². The molecule has 0 saturated carbocycles. The van der Waals surface area contributed by atoms with Crippen molar-refractivity contribution in [3.63, 3.8) is 0 Å². The van der Waals surface area contributed by atoms with Crippen LogP contribution in [0.25, 0.3) is 104 Å². The Morgan fingerprint density at radius 1 is 0.467 bits per heavy atom. The molecule has 0 bridgehead atoms. The van der Waals surface area contributed by atoms with Gasteiger partial charge in [0.15, 0.2) is 0 Å². The second kappa shape index (κ2) is 12.5. The molecule has 8 aromatic carbocycles. The Morgan fingerprint density at radius 2 is 1.15 bits per heavy atom. The molecule has 0 unspecified atom stereocenters. The van der Waals surface area contributed by atoms with Crippen LogP contribution in [-0.4, -0.2) is 9.13 Å². The molecular formula is C57H40N2S. The van der Waals surface area contributed by atoms with Crippen LogP contribution in [0.5, 0.6) is 0 Å². The summed E-state index contributed by atoms with van der Waals surface area (Å²) < 4.78 is 7.67. The molecule has 60 heavy (non-hydrogen) atoms. The molecule has 0 amide bonds. The molecule has 2 aliphatic rings. The number of nitrogens with zero attached hydrogens (tertiary/aromatic N) is 2. The Labute approximate surface area is 352 Å². The summed E-state index contributed by atoms with van der Waals surface area (Å²) in [6, 6.07) is 64.0. The van der Waals surface area contributed by atoms with Crippen molar-refractivity contribution < 1.29 is 0 Å². The Hall–Kier alpha value is -6.94. The number of thiophene rings is 1. The molecule has 284 valence electrons. The third-order valence-corrected chi connectivity index (χ3v) is 14.8. The second-order valence-electron chi connectivity index (χ2n) is 17.2. The van der Waals surface area contributed by atoms with Crippen LogP contribution in [-0.2, 0) is 11.8 Å². The first-order valence-corrected chi connectivity index (χ1v) is 22.0. The van der Waals surface area contributed by atoms with E-state index in [1.807, 2.05) is 11.3 Å². The van der Waals surface area contributed by atoms with Gasteiger partial charge in [-0.1, -0.05) is 141 Å². The summed E-state index contributed by atoms with van der Waals surface area (Å²) in [5, 5.41) is 6.45. The van der Waals surface area contributed by atoms with Gasteiger partial charge in [0.05, 0.1) is 16.6 Å². The van der Waals surface area contributed by atoms with E-state index in [9.17, 15) is 0 Å². The zero-order chi connectivity index (χ0) is 39.7. The Balaban J connectivity index is 1.05. The van der Waals surface area contributed by atoms with Crippen molar-refractivity contribution in [1.29, 1.82) is 0 Å². The number of fused-ring (bicyclic) bond motifs is 12. The van der Waals surface area contributed by atoms with Crippen molar-refractivity contribution in [2.24, 2.45) is 0 Å². The smallest absolute Gasteiger partial charge is 0.0547 e. The van der Waals surface area contributed by atoms with Crippen LogP contribution in [0.15, 0.2) is 176 Å². The monoisotopic (exact) mass is 784 g/mol. The number of aromatic nitrogens is 2. The van der Waals surface area contributed by atoms with Crippen LogP contribution in [0, 0.1) is 0 Å². The van der Waals surface area contributed by atoms with Gasteiger partial charge in [0.25, 0.3) is 0 Å². The number of benzene rings is 8. The van der Waals surface area contributed by atoms with Crippen molar-refractivity contribution in [3.05, 3.63) is 198 Å². The highest BCUT2D eigenvalue weighted by Crippen LogP contribution is 2.51. The van der Waals surface area contributed by atoms with Crippen molar-refractivity contribution in [1.82, 2.24) is 9.13 Å². The summed E-state index contributed by atoms with van der Waals surface area (Å²) in [6.45, 7) is 4.76. The molecule has 3 aromatic heterocycles. The molecule has 2 nitrogen and oxygen atoms in total. The average Bonchev–Trinajstić information content (AvgIpc) is 4.01. The molecule has 0 atom stereocenters. The standard InChI is InChI=1S/C57H40N2S/c1-57(2)49-20-10-6-16-40(49)41-27-26-37(30-50(41)57)47-33-39(34-48-46-19-9-13-23-55(46)60-56(47)48)59-52-22-12-8-18-43(52)45-29-25-36(32-54(45)59)35-24-28-44-42-17-7-11-21-51(42)58(53(44)31-35)38-14-4-3-5-15-38/h3-10,12-20,22-34H,11,21H2,1-2H3. The fraction of sp³-hybridized carbons (Fsp3) is 0.0877. The lowest BCUT2D eigenvalue weighted by molar-refractivity contribution is 0.660. The van der Waals surface area contributed by atoms with E-state index >= 15 is 0 Å². The van der Waals surface area contributed by atoms with E-state index in [0.29, 0.717) is 0 Å². The van der Waals surface area contributed by atoms with Crippen LogP contribution >= 0.6 is 11.3 Å². The molecule has 11 aromatic rings. The van der Waals surface area contributed by atoms with Crippen LogP contribution < -0.4 is 0 Å². The Kier molecular flexibility index (Phi) is 7.10. The van der Waals surface area contributed by atoms with Crippen molar-refractivity contribution in [2.45, 2.75) is 32.1 Å². The lowest BCUT2D eigenvalue weighted by Gasteiger charge is -2.22. The lowest BCUT2D eigenvalue weighted by Crippen LogP contribution is -2.14.